The van der Waals surface area contributed by atoms with E-state index >= 15 is 0 Å². The fourth-order valence-electron chi connectivity index (χ4n) is 3.43. The molecular formula is C15H31Cl2N3O2. The smallest absolute Gasteiger partial charge is 0.239 e. The molecule has 0 aromatic rings. The Morgan fingerprint density at radius 1 is 1.32 bits per heavy atom. The molecule has 0 saturated carbocycles. The van der Waals surface area contributed by atoms with Gasteiger partial charge < -0.3 is 20.3 Å². The highest BCUT2D eigenvalue weighted by Crippen LogP contribution is 2.20. The van der Waals surface area contributed by atoms with E-state index in [1.54, 1.807) is 0 Å². The number of hydrogen-bond donors (Lipinski definition) is 1. The van der Waals surface area contributed by atoms with E-state index in [-0.39, 0.29) is 42.7 Å². The van der Waals surface area contributed by atoms with E-state index in [0.29, 0.717) is 5.92 Å². The summed E-state index contributed by atoms with van der Waals surface area (Å²) >= 11 is 0. The minimum atomic E-state index is -0.356. The lowest BCUT2D eigenvalue weighted by Crippen LogP contribution is -2.49. The molecule has 0 aromatic heterocycles. The second-order valence-corrected chi connectivity index (χ2v) is 6.46. The Kier molecular flexibility index (Phi) is 10.6. The molecule has 0 aliphatic carbocycles. The van der Waals surface area contributed by atoms with E-state index in [2.05, 4.69) is 11.9 Å². The van der Waals surface area contributed by atoms with Gasteiger partial charge in [-0.2, -0.15) is 0 Å². The van der Waals surface area contributed by atoms with Gasteiger partial charge in [-0.1, -0.05) is 0 Å². The Morgan fingerprint density at radius 3 is 2.55 bits per heavy atom. The molecule has 132 valence electrons. The van der Waals surface area contributed by atoms with Crippen LogP contribution in [0.1, 0.15) is 25.7 Å². The molecule has 2 unspecified atom stereocenters. The number of nitrogens with zero attached hydrogens (tertiary/aromatic N) is 2. The maximum Gasteiger partial charge on any atom is 0.239 e. The first-order valence-electron chi connectivity index (χ1n) is 7.84. The molecule has 7 heteroatoms. The summed E-state index contributed by atoms with van der Waals surface area (Å²) in [7, 11) is 4.05. The summed E-state index contributed by atoms with van der Waals surface area (Å²) in [5.41, 5.74) is 6.17. The molecule has 2 heterocycles. The molecule has 22 heavy (non-hydrogen) atoms. The summed E-state index contributed by atoms with van der Waals surface area (Å²) in [5, 5.41) is 0. The van der Waals surface area contributed by atoms with Gasteiger partial charge in [0.15, 0.2) is 0 Å². The SMILES string of the molecule is CN1CCCC(CN(C)C(=O)C(N)C2CCOCC2)C1.Cl.Cl. The van der Waals surface area contributed by atoms with Gasteiger partial charge in [-0.3, -0.25) is 4.79 Å². The van der Waals surface area contributed by atoms with Crippen LogP contribution < -0.4 is 5.73 Å². The zero-order valence-electron chi connectivity index (χ0n) is 13.7. The largest absolute Gasteiger partial charge is 0.381 e. The number of halogens is 2. The minimum Gasteiger partial charge on any atom is -0.381 e. The third-order valence-electron chi connectivity index (χ3n) is 4.69. The normalized spacial score (nSPS) is 24.8. The van der Waals surface area contributed by atoms with Gasteiger partial charge in [0, 0.05) is 33.4 Å². The van der Waals surface area contributed by atoms with Gasteiger partial charge in [0.05, 0.1) is 6.04 Å². The Labute approximate surface area is 146 Å². The second-order valence-electron chi connectivity index (χ2n) is 6.46. The number of likely N-dealkylation sites (N-methyl/N-ethyl adjacent to an activating group) is 1. The predicted molar refractivity (Wildman–Crippen MR) is 93.9 cm³/mol. The van der Waals surface area contributed by atoms with Gasteiger partial charge in [0.2, 0.25) is 5.91 Å². The topological polar surface area (TPSA) is 58.8 Å². The van der Waals surface area contributed by atoms with Crippen LogP contribution in [-0.2, 0) is 9.53 Å². The number of nitrogens with two attached hydrogens (primary N) is 1. The molecule has 0 aromatic carbocycles. The molecule has 2 rings (SSSR count). The highest BCUT2D eigenvalue weighted by Gasteiger charge is 2.30. The van der Waals surface area contributed by atoms with Crippen LogP contribution in [0.5, 0.6) is 0 Å². The zero-order chi connectivity index (χ0) is 14.5. The number of rotatable bonds is 4. The molecular weight excluding hydrogens is 325 g/mol. The third kappa shape index (κ3) is 6.20. The monoisotopic (exact) mass is 355 g/mol. The molecule has 1 amide bonds. The number of hydrogen-bond acceptors (Lipinski definition) is 4. The Morgan fingerprint density at radius 2 is 1.95 bits per heavy atom. The standard InChI is InChI=1S/C15H29N3O2.2ClH/c1-17-7-3-4-12(10-17)11-18(2)15(19)14(16)13-5-8-20-9-6-13;;/h12-14H,3-11,16H2,1-2H3;2*1H. The molecule has 2 aliphatic rings. The van der Waals surface area contributed by atoms with Crippen molar-refractivity contribution in [1.29, 1.82) is 0 Å². The highest BCUT2D eigenvalue weighted by atomic mass is 35.5. The van der Waals surface area contributed by atoms with Crippen molar-refractivity contribution in [2.75, 3.05) is 46.9 Å². The van der Waals surface area contributed by atoms with E-state index in [9.17, 15) is 4.79 Å². The molecule has 0 radical (unpaired) electrons. The van der Waals surface area contributed by atoms with Crippen molar-refractivity contribution in [1.82, 2.24) is 9.80 Å². The molecule has 0 bridgehead atoms. The van der Waals surface area contributed by atoms with Crippen LogP contribution in [0.25, 0.3) is 0 Å². The first-order chi connectivity index (χ1) is 9.58. The van der Waals surface area contributed by atoms with Crippen LogP contribution >= 0.6 is 24.8 Å². The molecule has 2 fully saturated rings. The molecule has 2 atom stereocenters. The molecule has 0 spiro atoms. The lowest BCUT2D eigenvalue weighted by atomic mass is 9.91. The Hall–Kier alpha value is -0.0700. The summed E-state index contributed by atoms with van der Waals surface area (Å²) < 4.78 is 5.34. The predicted octanol–water partition coefficient (Wildman–Crippen LogP) is 1.38. The van der Waals surface area contributed by atoms with Crippen molar-refractivity contribution >= 4 is 30.7 Å². The third-order valence-corrected chi connectivity index (χ3v) is 4.69. The van der Waals surface area contributed by atoms with Gasteiger partial charge in [-0.05, 0) is 51.1 Å². The van der Waals surface area contributed by atoms with Crippen molar-refractivity contribution < 1.29 is 9.53 Å². The van der Waals surface area contributed by atoms with Gasteiger partial charge in [-0.25, -0.2) is 0 Å². The summed E-state index contributed by atoms with van der Waals surface area (Å²) in [4.78, 5) is 16.6. The average Bonchev–Trinajstić information content (AvgIpc) is 2.46. The molecule has 2 saturated heterocycles. The quantitative estimate of drug-likeness (QED) is 0.827. The summed E-state index contributed by atoms with van der Waals surface area (Å²) in [6.45, 7) is 4.57. The van der Waals surface area contributed by atoms with Crippen LogP contribution in [0.3, 0.4) is 0 Å². The van der Waals surface area contributed by atoms with Crippen LogP contribution in [0, 0.1) is 11.8 Å². The van der Waals surface area contributed by atoms with Crippen molar-refractivity contribution in [3.05, 3.63) is 0 Å². The Balaban J connectivity index is 0.00000220. The lowest BCUT2D eigenvalue weighted by Gasteiger charge is -2.34. The Bertz CT molecular complexity index is 328. The number of carbonyl (C=O) groups excluding carboxylic acids is 1. The fraction of sp³-hybridized carbons (Fsp3) is 0.933. The maximum atomic E-state index is 12.4. The second kappa shape index (κ2) is 10.7. The van der Waals surface area contributed by atoms with Crippen molar-refractivity contribution in [3.63, 3.8) is 0 Å². The van der Waals surface area contributed by atoms with Crippen molar-refractivity contribution in [2.24, 2.45) is 17.6 Å². The number of piperidine rings is 1. The number of carbonyl (C=O) groups is 1. The number of amides is 1. The fourth-order valence-corrected chi connectivity index (χ4v) is 3.43. The molecule has 2 N–H and O–H groups in total. The summed E-state index contributed by atoms with van der Waals surface area (Å²) in [6, 6.07) is -0.356. The van der Waals surface area contributed by atoms with E-state index in [1.807, 2.05) is 11.9 Å². The van der Waals surface area contributed by atoms with E-state index in [1.165, 1.54) is 19.4 Å². The van der Waals surface area contributed by atoms with Crippen LogP contribution in [-0.4, -0.2) is 68.7 Å². The van der Waals surface area contributed by atoms with Crippen LogP contribution in [0.2, 0.25) is 0 Å². The van der Waals surface area contributed by atoms with Crippen LogP contribution in [0.4, 0.5) is 0 Å². The summed E-state index contributed by atoms with van der Waals surface area (Å²) in [5.74, 6) is 0.974. The average molecular weight is 356 g/mol. The van der Waals surface area contributed by atoms with Crippen LogP contribution in [0.15, 0.2) is 0 Å². The van der Waals surface area contributed by atoms with Crippen molar-refractivity contribution in [3.8, 4) is 0 Å². The highest BCUT2D eigenvalue weighted by molar-refractivity contribution is 5.85. The maximum absolute atomic E-state index is 12.4. The van der Waals surface area contributed by atoms with E-state index in [4.69, 9.17) is 10.5 Å². The van der Waals surface area contributed by atoms with Gasteiger partial charge in [-0.15, -0.1) is 24.8 Å². The minimum absolute atomic E-state index is 0. The van der Waals surface area contributed by atoms with Gasteiger partial charge in [0.25, 0.3) is 0 Å². The van der Waals surface area contributed by atoms with Crippen molar-refractivity contribution in [2.45, 2.75) is 31.7 Å². The van der Waals surface area contributed by atoms with Gasteiger partial charge in [0.1, 0.15) is 0 Å². The zero-order valence-corrected chi connectivity index (χ0v) is 15.3. The van der Waals surface area contributed by atoms with E-state index < -0.39 is 0 Å². The number of likely N-dealkylation sites (tertiary alicyclic amines) is 1. The molecule has 5 nitrogen and oxygen atoms in total. The lowest BCUT2D eigenvalue weighted by molar-refractivity contribution is -0.134. The van der Waals surface area contributed by atoms with E-state index in [0.717, 1.165) is 39.1 Å². The first-order valence-corrected chi connectivity index (χ1v) is 7.84. The van der Waals surface area contributed by atoms with Gasteiger partial charge >= 0.3 is 0 Å². The summed E-state index contributed by atoms with van der Waals surface area (Å²) in [6.07, 6.45) is 4.27. The first kappa shape index (κ1) is 21.9. The molecule has 2 aliphatic heterocycles. The number of ether oxygens (including phenoxy) is 1.